The van der Waals surface area contributed by atoms with Crippen LogP contribution in [0.5, 0.6) is 11.5 Å². The van der Waals surface area contributed by atoms with Crippen molar-refractivity contribution in [3.63, 3.8) is 0 Å². The van der Waals surface area contributed by atoms with Gasteiger partial charge in [-0.25, -0.2) is 0 Å². The van der Waals surface area contributed by atoms with Crippen molar-refractivity contribution in [2.45, 2.75) is 32.4 Å². The number of methoxy groups -OCH3 is 1. The molecule has 5 heteroatoms. The molecule has 0 aliphatic rings. The Kier molecular flexibility index (Phi) is 6.10. The van der Waals surface area contributed by atoms with Crippen LogP contribution in [-0.4, -0.2) is 37.0 Å². The number of nitrogens with one attached hydrogen (secondary N) is 1. The Labute approximate surface area is 123 Å². The zero-order chi connectivity index (χ0) is 14.5. The smallest absolute Gasteiger partial charge is 0.133 e. The fourth-order valence-corrected chi connectivity index (χ4v) is 1.87. The summed E-state index contributed by atoms with van der Waals surface area (Å²) >= 11 is 3.41. The summed E-state index contributed by atoms with van der Waals surface area (Å²) in [5.74, 6) is 1.45. The summed E-state index contributed by atoms with van der Waals surface area (Å²) in [6.45, 7) is 6.91. The Balaban J connectivity index is 2.44. The Morgan fingerprint density at radius 2 is 2.05 bits per heavy atom. The summed E-state index contributed by atoms with van der Waals surface area (Å²) in [7, 11) is 1.62. The second kappa shape index (κ2) is 7.12. The molecule has 4 nitrogen and oxygen atoms in total. The minimum Gasteiger partial charge on any atom is -0.497 e. The maximum Gasteiger partial charge on any atom is 0.133 e. The van der Waals surface area contributed by atoms with Gasteiger partial charge in [0.2, 0.25) is 0 Å². The van der Waals surface area contributed by atoms with Gasteiger partial charge in [-0.15, -0.1) is 0 Å². The number of rotatable bonds is 6. The van der Waals surface area contributed by atoms with E-state index in [9.17, 15) is 5.11 Å². The summed E-state index contributed by atoms with van der Waals surface area (Å²) in [4.78, 5) is 0. The SMILES string of the molecule is COc1ccc(OCC(O)CNC(C)(C)C)c(Br)c1. The molecule has 0 fully saturated rings. The first-order valence-electron chi connectivity index (χ1n) is 6.21. The van der Waals surface area contributed by atoms with Crippen LogP contribution in [-0.2, 0) is 0 Å². The van der Waals surface area contributed by atoms with Gasteiger partial charge >= 0.3 is 0 Å². The number of halogens is 1. The van der Waals surface area contributed by atoms with Crippen molar-refractivity contribution in [1.29, 1.82) is 0 Å². The lowest BCUT2D eigenvalue weighted by atomic mass is 10.1. The lowest BCUT2D eigenvalue weighted by Gasteiger charge is -2.23. The van der Waals surface area contributed by atoms with E-state index in [4.69, 9.17) is 9.47 Å². The van der Waals surface area contributed by atoms with Crippen LogP contribution in [0.1, 0.15) is 20.8 Å². The molecule has 0 saturated carbocycles. The molecule has 0 aliphatic heterocycles. The van der Waals surface area contributed by atoms with Crippen molar-refractivity contribution in [2.75, 3.05) is 20.3 Å². The summed E-state index contributed by atoms with van der Waals surface area (Å²) in [6, 6.07) is 5.46. The fourth-order valence-electron chi connectivity index (χ4n) is 1.39. The van der Waals surface area contributed by atoms with Crippen LogP contribution in [0.25, 0.3) is 0 Å². The van der Waals surface area contributed by atoms with Crippen LogP contribution >= 0.6 is 15.9 Å². The van der Waals surface area contributed by atoms with E-state index in [0.29, 0.717) is 12.3 Å². The van der Waals surface area contributed by atoms with E-state index in [1.165, 1.54) is 0 Å². The van der Waals surface area contributed by atoms with Gasteiger partial charge in [0.1, 0.15) is 24.2 Å². The highest BCUT2D eigenvalue weighted by molar-refractivity contribution is 9.10. The molecule has 1 aromatic carbocycles. The first-order chi connectivity index (χ1) is 8.81. The molecule has 0 spiro atoms. The number of hydrogen-bond donors (Lipinski definition) is 2. The largest absolute Gasteiger partial charge is 0.497 e. The first-order valence-corrected chi connectivity index (χ1v) is 7.00. The molecule has 1 unspecified atom stereocenters. The quantitative estimate of drug-likeness (QED) is 0.841. The molecular formula is C14H22BrNO3. The topological polar surface area (TPSA) is 50.7 Å². The monoisotopic (exact) mass is 331 g/mol. The maximum atomic E-state index is 9.84. The van der Waals surface area contributed by atoms with Crippen LogP contribution in [0.2, 0.25) is 0 Å². The third kappa shape index (κ3) is 6.27. The molecule has 0 aliphatic carbocycles. The van der Waals surface area contributed by atoms with Gasteiger partial charge in [0.05, 0.1) is 11.6 Å². The molecule has 108 valence electrons. The van der Waals surface area contributed by atoms with Crippen molar-refractivity contribution in [3.05, 3.63) is 22.7 Å². The number of aliphatic hydroxyl groups excluding tert-OH is 1. The third-order valence-corrected chi connectivity index (χ3v) is 3.06. The van der Waals surface area contributed by atoms with Gasteiger partial charge in [-0.2, -0.15) is 0 Å². The third-order valence-electron chi connectivity index (χ3n) is 2.44. The van der Waals surface area contributed by atoms with Crippen LogP contribution < -0.4 is 14.8 Å². The average molecular weight is 332 g/mol. The van der Waals surface area contributed by atoms with E-state index in [2.05, 4.69) is 42.0 Å². The van der Waals surface area contributed by atoms with Gasteiger partial charge in [-0.05, 0) is 54.9 Å². The summed E-state index contributed by atoms with van der Waals surface area (Å²) < 4.78 is 11.5. The minimum absolute atomic E-state index is 0.0122. The molecule has 1 aromatic rings. The molecule has 2 N–H and O–H groups in total. The highest BCUT2D eigenvalue weighted by Crippen LogP contribution is 2.29. The van der Waals surface area contributed by atoms with E-state index >= 15 is 0 Å². The summed E-state index contributed by atoms with van der Waals surface area (Å²) in [6.07, 6.45) is -0.548. The second-order valence-corrected chi connectivity index (χ2v) is 6.25. The van der Waals surface area contributed by atoms with Gasteiger partial charge in [-0.3, -0.25) is 0 Å². The number of ether oxygens (including phenoxy) is 2. The number of hydrogen-bond acceptors (Lipinski definition) is 4. The Bertz CT molecular complexity index is 404. The minimum atomic E-state index is -0.548. The normalized spacial score (nSPS) is 13.2. The maximum absolute atomic E-state index is 9.84. The molecule has 0 saturated heterocycles. The van der Waals surface area contributed by atoms with E-state index in [-0.39, 0.29) is 12.1 Å². The van der Waals surface area contributed by atoms with Crippen molar-refractivity contribution < 1.29 is 14.6 Å². The lowest BCUT2D eigenvalue weighted by molar-refractivity contribution is 0.0996. The summed E-state index contributed by atoms with van der Waals surface area (Å²) in [5, 5.41) is 13.1. The number of aliphatic hydroxyl groups is 1. The van der Waals surface area contributed by atoms with Crippen LogP contribution in [0, 0.1) is 0 Å². The molecule has 0 aromatic heterocycles. The number of β-amino-alcohol motifs (C(OH)–C–C–N with tert-alkyl or cyclic N) is 1. The Morgan fingerprint density at radius 3 is 2.58 bits per heavy atom. The van der Waals surface area contributed by atoms with Crippen molar-refractivity contribution in [2.24, 2.45) is 0 Å². The molecule has 0 amide bonds. The predicted molar refractivity (Wildman–Crippen MR) is 80.0 cm³/mol. The van der Waals surface area contributed by atoms with Gasteiger partial charge in [-0.1, -0.05) is 0 Å². The predicted octanol–water partition coefficient (Wildman–Crippen LogP) is 2.59. The highest BCUT2D eigenvalue weighted by Gasteiger charge is 2.13. The van der Waals surface area contributed by atoms with Crippen LogP contribution in [0.3, 0.4) is 0 Å². The zero-order valence-electron chi connectivity index (χ0n) is 11.9. The van der Waals surface area contributed by atoms with Crippen LogP contribution in [0.4, 0.5) is 0 Å². The zero-order valence-corrected chi connectivity index (χ0v) is 13.5. The number of benzene rings is 1. The molecular weight excluding hydrogens is 310 g/mol. The average Bonchev–Trinajstić information content (AvgIpc) is 2.34. The van der Waals surface area contributed by atoms with Gasteiger partial charge in [0.25, 0.3) is 0 Å². The van der Waals surface area contributed by atoms with E-state index in [1.807, 2.05) is 18.2 Å². The van der Waals surface area contributed by atoms with E-state index in [1.54, 1.807) is 7.11 Å². The van der Waals surface area contributed by atoms with Gasteiger partial charge in [0, 0.05) is 12.1 Å². The first kappa shape index (κ1) is 16.3. The Morgan fingerprint density at radius 1 is 1.37 bits per heavy atom. The van der Waals surface area contributed by atoms with Crippen molar-refractivity contribution in [1.82, 2.24) is 5.32 Å². The van der Waals surface area contributed by atoms with Crippen LogP contribution in [0.15, 0.2) is 22.7 Å². The molecule has 0 radical (unpaired) electrons. The van der Waals surface area contributed by atoms with E-state index in [0.717, 1.165) is 10.2 Å². The lowest BCUT2D eigenvalue weighted by Crippen LogP contribution is -2.42. The molecule has 19 heavy (non-hydrogen) atoms. The van der Waals surface area contributed by atoms with Crippen molar-refractivity contribution >= 4 is 15.9 Å². The second-order valence-electron chi connectivity index (χ2n) is 5.39. The van der Waals surface area contributed by atoms with E-state index < -0.39 is 6.10 Å². The Hall–Kier alpha value is -0.780. The van der Waals surface area contributed by atoms with Gasteiger partial charge < -0.3 is 19.9 Å². The summed E-state index contributed by atoms with van der Waals surface area (Å²) in [5.41, 5.74) is -0.0122. The molecule has 1 rings (SSSR count). The highest BCUT2D eigenvalue weighted by atomic mass is 79.9. The standard InChI is InChI=1S/C14H22BrNO3/c1-14(2,3)16-8-10(17)9-19-13-6-5-11(18-4)7-12(13)15/h5-7,10,16-17H,8-9H2,1-4H3. The fraction of sp³-hybridized carbons (Fsp3) is 0.571. The molecule has 0 heterocycles. The molecule has 0 bridgehead atoms. The van der Waals surface area contributed by atoms with Gasteiger partial charge in [0.15, 0.2) is 0 Å². The molecule has 1 atom stereocenters. The van der Waals surface area contributed by atoms with Crippen molar-refractivity contribution in [3.8, 4) is 11.5 Å².